The van der Waals surface area contributed by atoms with Crippen molar-refractivity contribution in [3.8, 4) is 10.4 Å². The van der Waals surface area contributed by atoms with Crippen LogP contribution in [0.4, 0.5) is 9.80 Å². The van der Waals surface area contributed by atoms with E-state index >= 15 is 0 Å². The molecule has 7 heteroatoms. The Kier molecular flexibility index (Phi) is 3.63. The van der Waals surface area contributed by atoms with Crippen LogP contribution in [0.25, 0.3) is 10.4 Å². The van der Waals surface area contributed by atoms with Gasteiger partial charge in [-0.15, -0.1) is 11.3 Å². The molecule has 2 heterocycles. The highest BCUT2D eigenvalue weighted by Gasteiger charge is 2.16. The van der Waals surface area contributed by atoms with Crippen molar-refractivity contribution in [1.29, 1.82) is 0 Å². The van der Waals surface area contributed by atoms with E-state index in [0.717, 1.165) is 10.4 Å². The number of hydrogen-bond donors (Lipinski definition) is 3. The Morgan fingerprint density at radius 2 is 2.17 bits per heavy atom. The fourth-order valence-corrected chi connectivity index (χ4v) is 3.16. The summed E-state index contributed by atoms with van der Waals surface area (Å²) < 4.78 is 0. The molecular formula is C11H11N3O2S2. The minimum absolute atomic E-state index is 0.324. The van der Waals surface area contributed by atoms with Gasteiger partial charge in [0, 0.05) is 17.5 Å². The minimum atomic E-state index is -0.556. The highest BCUT2D eigenvalue weighted by atomic mass is 32.1. The number of carbonyl (C=O) groups excluding carboxylic acids is 2. The van der Waals surface area contributed by atoms with E-state index in [2.05, 4.69) is 10.6 Å². The third-order valence-electron chi connectivity index (χ3n) is 2.26. The average molecular weight is 281 g/mol. The second-order valence-electron chi connectivity index (χ2n) is 3.43. The summed E-state index contributed by atoms with van der Waals surface area (Å²) in [6, 6.07) is 3.27. The van der Waals surface area contributed by atoms with Crippen LogP contribution in [0.3, 0.4) is 0 Å². The maximum Gasteiger partial charge on any atom is 0.319 e. The lowest BCUT2D eigenvalue weighted by Crippen LogP contribution is -2.25. The molecule has 94 valence electrons. The highest BCUT2D eigenvalue weighted by molar-refractivity contribution is 7.20. The van der Waals surface area contributed by atoms with E-state index in [0.29, 0.717) is 10.6 Å². The van der Waals surface area contributed by atoms with Crippen molar-refractivity contribution in [3.63, 3.8) is 0 Å². The first-order valence-electron chi connectivity index (χ1n) is 5.06. The van der Waals surface area contributed by atoms with Crippen molar-refractivity contribution in [3.05, 3.63) is 28.5 Å². The van der Waals surface area contributed by atoms with Crippen molar-refractivity contribution >= 4 is 39.6 Å². The highest BCUT2D eigenvalue weighted by Crippen LogP contribution is 2.36. The van der Waals surface area contributed by atoms with Gasteiger partial charge in [0.05, 0.1) is 5.56 Å². The predicted octanol–water partition coefficient (Wildman–Crippen LogP) is 2.33. The number of anilines is 1. The second-order valence-corrected chi connectivity index (χ2v) is 5.27. The van der Waals surface area contributed by atoms with E-state index in [-0.39, 0.29) is 6.03 Å². The fourth-order valence-electron chi connectivity index (χ4n) is 1.38. The quantitative estimate of drug-likeness (QED) is 0.806. The van der Waals surface area contributed by atoms with E-state index in [9.17, 15) is 9.59 Å². The van der Waals surface area contributed by atoms with E-state index in [1.165, 1.54) is 18.4 Å². The Morgan fingerprint density at radius 1 is 1.39 bits per heavy atom. The van der Waals surface area contributed by atoms with Gasteiger partial charge in [-0.3, -0.25) is 10.1 Å². The summed E-state index contributed by atoms with van der Waals surface area (Å²) in [5.41, 5.74) is 6.63. The molecule has 0 atom stereocenters. The zero-order chi connectivity index (χ0) is 13.1. The van der Waals surface area contributed by atoms with Gasteiger partial charge in [0.2, 0.25) is 0 Å². The maximum absolute atomic E-state index is 11.3. The van der Waals surface area contributed by atoms with Crippen LogP contribution in [-0.4, -0.2) is 19.0 Å². The molecule has 0 aliphatic rings. The van der Waals surface area contributed by atoms with Gasteiger partial charge in [-0.05, 0) is 22.9 Å². The smallest absolute Gasteiger partial charge is 0.319 e. The molecule has 0 fully saturated rings. The number of primary amides is 1. The van der Waals surface area contributed by atoms with Crippen molar-refractivity contribution < 1.29 is 9.59 Å². The summed E-state index contributed by atoms with van der Waals surface area (Å²) in [4.78, 5) is 23.5. The molecule has 0 unspecified atom stereocenters. The molecule has 0 spiro atoms. The first-order chi connectivity index (χ1) is 8.61. The van der Waals surface area contributed by atoms with Crippen molar-refractivity contribution in [2.45, 2.75) is 0 Å². The van der Waals surface area contributed by atoms with Crippen LogP contribution >= 0.6 is 22.7 Å². The number of nitrogens with one attached hydrogen (secondary N) is 2. The van der Waals surface area contributed by atoms with Gasteiger partial charge in [0.1, 0.15) is 5.00 Å². The Hall–Kier alpha value is -1.86. The first kappa shape index (κ1) is 12.6. The molecule has 2 rings (SSSR count). The van der Waals surface area contributed by atoms with Crippen molar-refractivity contribution in [2.75, 3.05) is 12.4 Å². The molecule has 0 aliphatic heterocycles. The number of urea groups is 1. The minimum Gasteiger partial charge on any atom is -0.366 e. The van der Waals surface area contributed by atoms with E-state index in [1.807, 2.05) is 16.8 Å². The molecule has 0 radical (unpaired) electrons. The summed E-state index contributed by atoms with van der Waals surface area (Å²) >= 11 is 2.89. The van der Waals surface area contributed by atoms with E-state index in [1.54, 1.807) is 17.4 Å². The number of thiophene rings is 2. The van der Waals surface area contributed by atoms with Gasteiger partial charge < -0.3 is 11.1 Å². The largest absolute Gasteiger partial charge is 0.366 e. The molecule has 2 aromatic heterocycles. The fraction of sp³-hybridized carbons (Fsp3) is 0.0909. The van der Waals surface area contributed by atoms with E-state index in [4.69, 9.17) is 5.73 Å². The van der Waals surface area contributed by atoms with Crippen LogP contribution < -0.4 is 16.4 Å². The van der Waals surface area contributed by atoms with Crippen LogP contribution in [0.5, 0.6) is 0 Å². The molecule has 0 saturated heterocycles. The van der Waals surface area contributed by atoms with Crippen molar-refractivity contribution in [2.24, 2.45) is 5.73 Å². The van der Waals surface area contributed by atoms with Gasteiger partial charge in [-0.25, -0.2) is 4.79 Å². The molecule has 0 saturated carbocycles. The number of amides is 3. The lowest BCUT2D eigenvalue weighted by Gasteiger charge is -2.02. The molecule has 5 nitrogen and oxygen atoms in total. The number of carbonyl (C=O) groups is 2. The zero-order valence-electron chi connectivity index (χ0n) is 9.52. The van der Waals surface area contributed by atoms with Gasteiger partial charge in [0.15, 0.2) is 0 Å². The van der Waals surface area contributed by atoms with Gasteiger partial charge >= 0.3 is 6.03 Å². The van der Waals surface area contributed by atoms with Gasteiger partial charge in [-0.2, -0.15) is 11.3 Å². The number of hydrogen-bond acceptors (Lipinski definition) is 4. The zero-order valence-corrected chi connectivity index (χ0v) is 11.2. The Bertz CT molecular complexity index is 575. The van der Waals surface area contributed by atoms with Crippen LogP contribution in [0.1, 0.15) is 10.4 Å². The molecule has 2 aromatic rings. The van der Waals surface area contributed by atoms with Crippen LogP contribution in [0.2, 0.25) is 0 Å². The normalized spacial score (nSPS) is 10.1. The lowest BCUT2D eigenvalue weighted by atomic mass is 10.2. The van der Waals surface area contributed by atoms with Gasteiger partial charge in [-0.1, -0.05) is 0 Å². The topological polar surface area (TPSA) is 84.2 Å². The Morgan fingerprint density at radius 3 is 2.72 bits per heavy atom. The Labute approximate surface area is 112 Å². The first-order valence-corrected chi connectivity index (χ1v) is 6.82. The van der Waals surface area contributed by atoms with Gasteiger partial charge in [0.25, 0.3) is 5.91 Å². The SMILES string of the molecule is CNC(=O)Nc1sc(-c2ccsc2)cc1C(N)=O. The number of rotatable bonds is 3. The number of nitrogens with two attached hydrogens (primary N) is 1. The summed E-state index contributed by atoms with van der Waals surface area (Å²) in [6.45, 7) is 0. The molecule has 3 amide bonds. The lowest BCUT2D eigenvalue weighted by molar-refractivity contribution is 0.100. The molecule has 0 bridgehead atoms. The molecular weight excluding hydrogens is 270 g/mol. The third kappa shape index (κ3) is 2.52. The predicted molar refractivity (Wildman–Crippen MR) is 74.2 cm³/mol. The Balaban J connectivity index is 2.38. The molecule has 0 aliphatic carbocycles. The summed E-state index contributed by atoms with van der Waals surface area (Å²) in [7, 11) is 1.51. The second kappa shape index (κ2) is 5.19. The summed E-state index contributed by atoms with van der Waals surface area (Å²) in [5, 5.41) is 9.41. The van der Waals surface area contributed by atoms with Crippen molar-refractivity contribution in [1.82, 2.24) is 5.32 Å². The standard InChI is InChI=1S/C11H11N3O2S2/c1-13-11(16)14-10-7(9(12)15)4-8(18-10)6-2-3-17-5-6/h2-5H,1H3,(H2,12,15)(H2,13,14,16). The summed E-state index contributed by atoms with van der Waals surface area (Å²) in [5.74, 6) is -0.556. The van der Waals surface area contributed by atoms with Crippen LogP contribution in [0, 0.1) is 0 Å². The molecule has 4 N–H and O–H groups in total. The molecule has 0 aromatic carbocycles. The summed E-state index contributed by atoms with van der Waals surface area (Å²) in [6.07, 6.45) is 0. The molecule has 18 heavy (non-hydrogen) atoms. The van der Waals surface area contributed by atoms with Crippen LogP contribution in [-0.2, 0) is 0 Å². The monoisotopic (exact) mass is 281 g/mol. The average Bonchev–Trinajstić information content (AvgIpc) is 2.96. The maximum atomic E-state index is 11.3. The van der Waals surface area contributed by atoms with Crippen LogP contribution in [0.15, 0.2) is 22.9 Å². The van der Waals surface area contributed by atoms with E-state index < -0.39 is 5.91 Å². The third-order valence-corrected chi connectivity index (χ3v) is 4.04.